The van der Waals surface area contributed by atoms with Crippen LogP contribution in [0.4, 0.5) is 5.69 Å². The number of para-hydroxylation sites is 1. The number of fused-ring (bicyclic) bond motifs is 1. The van der Waals surface area contributed by atoms with E-state index in [9.17, 15) is 14.4 Å². The van der Waals surface area contributed by atoms with E-state index < -0.39 is 5.25 Å². The molecule has 22 heavy (non-hydrogen) atoms. The van der Waals surface area contributed by atoms with E-state index in [4.69, 9.17) is 0 Å². The second-order valence-electron chi connectivity index (χ2n) is 4.92. The minimum atomic E-state index is -0.478. The molecule has 1 aliphatic rings. The predicted molar refractivity (Wildman–Crippen MR) is 85.6 cm³/mol. The van der Waals surface area contributed by atoms with Crippen LogP contribution < -0.4 is 16.0 Å². The highest BCUT2D eigenvalue weighted by atomic mass is 32.2. The van der Waals surface area contributed by atoms with E-state index in [1.54, 1.807) is 0 Å². The highest BCUT2D eigenvalue weighted by molar-refractivity contribution is 8.01. The van der Waals surface area contributed by atoms with Gasteiger partial charge in [0.15, 0.2) is 0 Å². The first kappa shape index (κ1) is 16.4. The Balaban J connectivity index is 1.82. The van der Waals surface area contributed by atoms with Crippen LogP contribution in [0, 0.1) is 0 Å². The zero-order chi connectivity index (χ0) is 15.9. The molecule has 0 fully saturated rings. The molecule has 0 spiro atoms. The predicted octanol–water partition coefficient (Wildman–Crippen LogP) is 1.13. The zero-order valence-electron chi connectivity index (χ0n) is 12.3. The number of hydrogen-bond donors (Lipinski definition) is 3. The SMILES string of the molecule is CCCNC(=O)CNC(=O)CC1Sc2ccccc2NC1=O. The van der Waals surface area contributed by atoms with E-state index in [1.165, 1.54) is 11.8 Å². The first-order chi connectivity index (χ1) is 10.6. The molecule has 1 aromatic carbocycles. The van der Waals surface area contributed by atoms with Crippen LogP contribution in [0.1, 0.15) is 19.8 Å². The maximum absolute atomic E-state index is 12.0. The zero-order valence-corrected chi connectivity index (χ0v) is 13.2. The molecule has 1 atom stereocenters. The molecule has 118 valence electrons. The van der Waals surface area contributed by atoms with Crippen molar-refractivity contribution in [3.63, 3.8) is 0 Å². The van der Waals surface area contributed by atoms with Crippen molar-refractivity contribution < 1.29 is 14.4 Å². The molecule has 3 amide bonds. The van der Waals surface area contributed by atoms with Crippen molar-refractivity contribution in [3.05, 3.63) is 24.3 Å². The molecule has 0 saturated heterocycles. The third-order valence-electron chi connectivity index (χ3n) is 3.10. The van der Waals surface area contributed by atoms with Crippen molar-refractivity contribution in [1.29, 1.82) is 0 Å². The number of benzene rings is 1. The van der Waals surface area contributed by atoms with Gasteiger partial charge in [0.05, 0.1) is 17.5 Å². The Bertz CT molecular complexity index is 577. The summed E-state index contributed by atoms with van der Waals surface area (Å²) in [5.41, 5.74) is 0.771. The highest BCUT2D eigenvalue weighted by Gasteiger charge is 2.28. The highest BCUT2D eigenvalue weighted by Crippen LogP contribution is 2.36. The van der Waals surface area contributed by atoms with Gasteiger partial charge in [-0.1, -0.05) is 19.1 Å². The lowest BCUT2D eigenvalue weighted by Crippen LogP contribution is -2.40. The molecule has 6 nitrogen and oxygen atoms in total. The maximum atomic E-state index is 12.0. The smallest absolute Gasteiger partial charge is 0.239 e. The number of carbonyl (C=O) groups is 3. The quantitative estimate of drug-likeness (QED) is 0.733. The monoisotopic (exact) mass is 321 g/mol. The van der Waals surface area contributed by atoms with Crippen molar-refractivity contribution in [2.75, 3.05) is 18.4 Å². The Morgan fingerprint density at radius 1 is 1.23 bits per heavy atom. The number of nitrogens with one attached hydrogen (secondary N) is 3. The number of hydrogen-bond acceptors (Lipinski definition) is 4. The standard InChI is InChI=1S/C15H19N3O3S/c1-2-7-16-14(20)9-17-13(19)8-12-15(21)18-10-5-3-4-6-11(10)22-12/h3-6,12H,2,7-9H2,1H3,(H,16,20)(H,17,19)(H,18,21). The summed E-state index contributed by atoms with van der Waals surface area (Å²) in [5, 5.41) is 7.52. The fourth-order valence-electron chi connectivity index (χ4n) is 1.97. The Labute approximate surface area is 133 Å². The molecular weight excluding hydrogens is 302 g/mol. The van der Waals surface area contributed by atoms with Crippen LogP contribution >= 0.6 is 11.8 Å². The minimum absolute atomic E-state index is 0.0475. The van der Waals surface area contributed by atoms with E-state index in [2.05, 4.69) is 16.0 Å². The Hall–Kier alpha value is -2.02. The van der Waals surface area contributed by atoms with Crippen LogP contribution in [0.15, 0.2) is 29.2 Å². The van der Waals surface area contributed by atoms with Crippen LogP contribution in [-0.2, 0) is 14.4 Å². The van der Waals surface area contributed by atoms with Crippen molar-refractivity contribution >= 4 is 35.2 Å². The summed E-state index contributed by atoms with van der Waals surface area (Å²) >= 11 is 1.37. The summed E-state index contributed by atoms with van der Waals surface area (Å²) in [6, 6.07) is 7.47. The minimum Gasteiger partial charge on any atom is -0.355 e. The third-order valence-corrected chi connectivity index (χ3v) is 4.37. The number of carbonyl (C=O) groups excluding carboxylic acids is 3. The lowest BCUT2D eigenvalue weighted by molar-refractivity contribution is -0.127. The van der Waals surface area contributed by atoms with Crippen molar-refractivity contribution in [3.8, 4) is 0 Å². The van der Waals surface area contributed by atoms with Crippen molar-refractivity contribution in [2.24, 2.45) is 0 Å². The molecule has 0 bridgehead atoms. The molecule has 0 saturated carbocycles. The second-order valence-corrected chi connectivity index (χ2v) is 6.17. The maximum Gasteiger partial charge on any atom is 0.239 e. The first-order valence-electron chi connectivity index (χ1n) is 7.20. The van der Waals surface area contributed by atoms with Crippen LogP contribution in [0.5, 0.6) is 0 Å². The molecule has 1 unspecified atom stereocenters. The van der Waals surface area contributed by atoms with Gasteiger partial charge in [-0.2, -0.15) is 0 Å². The molecule has 0 aliphatic carbocycles. The van der Waals surface area contributed by atoms with Crippen LogP contribution in [-0.4, -0.2) is 36.1 Å². The van der Waals surface area contributed by atoms with Gasteiger partial charge in [-0.25, -0.2) is 0 Å². The fourth-order valence-corrected chi connectivity index (χ4v) is 3.08. The van der Waals surface area contributed by atoms with Gasteiger partial charge < -0.3 is 16.0 Å². The summed E-state index contributed by atoms with van der Waals surface area (Å²) in [6.45, 7) is 2.48. The molecule has 1 aliphatic heterocycles. The van der Waals surface area contributed by atoms with Crippen molar-refractivity contribution in [2.45, 2.75) is 29.9 Å². The Morgan fingerprint density at radius 2 is 2.00 bits per heavy atom. The van der Waals surface area contributed by atoms with Gasteiger partial charge >= 0.3 is 0 Å². The summed E-state index contributed by atoms with van der Waals surface area (Å²) in [7, 11) is 0. The largest absolute Gasteiger partial charge is 0.355 e. The Kier molecular flexibility index (Phi) is 5.83. The molecule has 1 aromatic rings. The molecule has 3 N–H and O–H groups in total. The number of rotatable bonds is 6. The lowest BCUT2D eigenvalue weighted by Gasteiger charge is -2.23. The average molecular weight is 321 g/mol. The molecule has 1 heterocycles. The number of amides is 3. The van der Waals surface area contributed by atoms with Gasteiger partial charge in [-0.3, -0.25) is 14.4 Å². The van der Waals surface area contributed by atoms with Crippen LogP contribution in [0.3, 0.4) is 0 Å². The van der Waals surface area contributed by atoms with Gasteiger partial charge in [-0.15, -0.1) is 11.8 Å². The molecule has 0 aromatic heterocycles. The normalized spacial score (nSPS) is 16.4. The average Bonchev–Trinajstić information content (AvgIpc) is 2.51. The molecular formula is C15H19N3O3S. The summed E-state index contributed by atoms with van der Waals surface area (Å²) in [5.74, 6) is -0.714. The first-order valence-corrected chi connectivity index (χ1v) is 8.08. The fraction of sp³-hybridized carbons (Fsp3) is 0.400. The number of thioether (sulfide) groups is 1. The van der Waals surface area contributed by atoms with E-state index in [1.807, 2.05) is 31.2 Å². The van der Waals surface area contributed by atoms with E-state index in [0.717, 1.165) is 17.0 Å². The summed E-state index contributed by atoms with van der Waals surface area (Å²) in [4.78, 5) is 36.2. The van der Waals surface area contributed by atoms with E-state index in [0.29, 0.717) is 6.54 Å². The molecule has 7 heteroatoms. The lowest BCUT2D eigenvalue weighted by atomic mass is 10.2. The third kappa shape index (κ3) is 4.49. The topological polar surface area (TPSA) is 87.3 Å². The van der Waals surface area contributed by atoms with Gasteiger partial charge in [0, 0.05) is 17.9 Å². The van der Waals surface area contributed by atoms with Crippen LogP contribution in [0.25, 0.3) is 0 Å². The van der Waals surface area contributed by atoms with Gasteiger partial charge in [0.1, 0.15) is 0 Å². The Morgan fingerprint density at radius 3 is 2.77 bits per heavy atom. The van der Waals surface area contributed by atoms with Gasteiger partial charge in [-0.05, 0) is 18.6 Å². The summed E-state index contributed by atoms with van der Waals surface area (Å²) < 4.78 is 0. The van der Waals surface area contributed by atoms with Crippen molar-refractivity contribution in [1.82, 2.24) is 10.6 Å². The van der Waals surface area contributed by atoms with E-state index >= 15 is 0 Å². The van der Waals surface area contributed by atoms with Gasteiger partial charge in [0.2, 0.25) is 17.7 Å². The van der Waals surface area contributed by atoms with Gasteiger partial charge in [0.25, 0.3) is 0 Å². The number of anilines is 1. The van der Waals surface area contributed by atoms with E-state index in [-0.39, 0.29) is 30.7 Å². The molecule has 2 rings (SSSR count). The second kappa shape index (κ2) is 7.84. The van der Waals surface area contributed by atoms with Crippen LogP contribution in [0.2, 0.25) is 0 Å². The summed E-state index contributed by atoms with van der Waals surface area (Å²) in [6.07, 6.45) is 0.893. The molecule has 0 radical (unpaired) electrons.